The molecule has 3 N–H and O–H groups in total. The molecule has 2 amide bonds. The van der Waals surface area contributed by atoms with Gasteiger partial charge in [-0.15, -0.1) is 0 Å². The van der Waals surface area contributed by atoms with Crippen LogP contribution in [0.2, 0.25) is 0 Å². The highest BCUT2D eigenvalue weighted by Crippen LogP contribution is 2.37. The molecule has 0 fully saturated rings. The number of alkyl halides is 3. The SMILES string of the molecule is COc1cc(F)ccc1Oc1ccc(C(F)(F)F)cc1C(=O)Nc1cccc(C(N)=O)c1. The molecule has 0 unspecified atom stereocenters. The molecule has 166 valence electrons. The Morgan fingerprint density at radius 1 is 0.938 bits per heavy atom. The molecule has 32 heavy (non-hydrogen) atoms. The van der Waals surface area contributed by atoms with Crippen LogP contribution in [-0.2, 0) is 6.18 Å². The molecule has 0 atom stereocenters. The van der Waals surface area contributed by atoms with Crippen LogP contribution in [0.3, 0.4) is 0 Å². The Morgan fingerprint density at radius 2 is 1.66 bits per heavy atom. The Morgan fingerprint density at radius 3 is 2.31 bits per heavy atom. The number of carbonyl (C=O) groups excluding carboxylic acids is 2. The van der Waals surface area contributed by atoms with E-state index in [1.165, 1.54) is 37.4 Å². The van der Waals surface area contributed by atoms with Crippen molar-refractivity contribution in [2.45, 2.75) is 6.18 Å². The molecule has 0 aliphatic carbocycles. The second kappa shape index (κ2) is 8.96. The summed E-state index contributed by atoms with van der Waals surface area (Å²) in [4.78, 5) is 24.2. The van der Waals surface area contributed by atoms with Crippen LogP contribution in [0.15, 0.2) is 60.7 Å². The number of halogens is 4. The molecule has 3 aromatic carbocycles. The second-order valence-corrected chi connectivity index (χ2v) is 6.51. The number of hydrogen-bond donors (Lipinski definition) is 2. The third-order valence-electron chi connectivity index (χ3n) is 4.30. The van der Waals surface area contributed by atoms with Crippen LogP contribution in [0.5, 0.6) is 17.2 Å². The van der Waals surface area contributed by atoms with E-state index in [1.807, 2.05) is 0 Å². The molecule has 6 nitrogen and oxygen atoms in total. The lowest BCUT2D eigenvalue weighted by atomic mass is 10.1. The number of rotatable bonds is 6. The zero-order valence-corrected chi connectivity index (χ0v) is 16.5. The lowest BCUT2D eigenvalue weighted by Gasteiger charge is -2.16. The van der Waals surface area contributed by atoms with Gasteiger partial charge in [-0.2, -0.15) is 13.2 Å². The minimum absolute atomic E-state index is 0.0153. The number of hydrogen-bond acceptors (Lipinski definition) is 4. The molecule has 0 aliphatic rings. The standard InChI is InChI=1S/C22H16F4N2O4/c1-31-19-11-14(23)6-8-18(19)32-17-7-5-13(22(24,25)26)10-16(17)21(30)28-15-4-2-3-12(9-15)20(27)29/h2-11H,1H3,(H2,27,29)(H,28,30). The number of anilines is 1. The van der Waals surface area contributed by atoms with Crippen molar-refractivity contribution >= 4 is 17.5 Å². The lowest BCUT2D eigenvalue weighted by molar-refractivity contribution is -0.137. The van der Waals surface area contributed by atoms with Crippen LogP contribution < -0.4 is 20.5 Å². The maximum atomic E-state index is 13.4. The fourth-order valence-electron chi connectivity index (χ4n) is 2.77. The van der Waals surface area contributed by atoms with Gasteiger partial charge in [-0.3, -0.25) is 9.59 Å². The highest BCUT2D eigenvalue weighted by atomic mass is 19.4. The van der Waals surface area contributed by atoms with Crippen molar-refractivity contribution in [1.82, 2.24) is 0 Å². The van der Waals surface area contributed by atoms with E-state index in [4.69, 9.17) is 15.2 Å². The number of nitrogens with one attached hydrogen (secondary N) is 1. The van der Waals surface area contributed by atoms with E-state index in [1.54, 1.807) is 0 Å². The van der Waals surface area contributed by atoms with Crippen LogP contribution in [0, 0.1) is 5.82 Å². The maximum absolute atomic E-state index is 13.4. The summed E-state index contributed by atoms with van der Waals surface area (Å²) in [5.74, 6) is -2.56. The van der Waals surface area contributed by atoms with Gasteiger partial charge in [0.15, 0.2) is 11.5 Å². The Hall–Kier alpha value is -4.08. The molecule has 3 rings (SSSR count). The molecule has 0 heterocycles. The Balaban J connectivity index is 2.01. The Labute approximate surface area is 179 Å². The average molecular weight is 448 g/mol. The molecular formula is C22H16F4N2O4. The molecule has 0 saturated carbocycles. The van der Waals surface area contributed by atoms with Crippen LogP contribution >= 0.6 is 0 Å². The van der Waals surface area contributed by atoms with Gasteiger partial charge in [0.05, 0.1) is 18.2 Å². The molecule has 0 aromatic heterocycles. The average Bonchev–Trinajstić information content (AvgIpc) is 2.74. The maximum Gasteiger partial charge on any atom is 0.416 e. The number of methoxy groups -OCH3 is 1. The van der Waals surface area contributed by atoms with E-state index in [0.717, 1.165) is 24.3 Å². The van der Waals surface area contributed by atoms with Crippen LogP contribution in [0.25, 0.3) is 0 Å². The van der Waals surface area contributed by atoms with E-state index in [9.17, 15) is 27.2 Å². The van der Waals surface area contributed by atoms with Crippen LogP contribution in [0.1, 0.15) is 26.3 Å². The monoisotopic (exact) mass is 448 g/mol. The van der Waals surface area contributed by atoms with E-state index >= 15 is 0 Å². The quantitative estimate of drug-likeness (QED) is 0.520. The summed E-state index contributed by atoms with van der Waals surface area (Å²) < 4.78 is 63.7. The summed E-state index contributed by atoms with van der Waals surface area (Å²) in [5.41, 5.74) is 3.91. The summed E-state index contributed by atoms with van der Waals surface area (Å²) in [6, 6.07) is 11.2. The minimum atomic E-state index is -4.72. The summed E-state index contributed by atoms with van der Waals surface area (Å²) in [7, 11) is 1.26. The Bertz CT molecular complexity index is 1180. The second-order valence-electron chi connectivity index (χ2n) is 6.51. The van der Waals surface area contributed by atoms with E-state index in [2.05, 4.69) is 5.32 Å². The highest BCUT2D eigenvalue weighted by molar-refractivity contribution is 6.07. The number of ether oxygens (including phenoxy) is 2. The zero-order chi connectivity index (χ0) is 23.5. The van der Waals surface area contributed by atoms with Crippen molar-refractivity contribution in [3.8, 4) is 17.2 Å². The van der Waals surface area contributed by atoms with Crippen molar-refractivity contribution < 1.29 is 36.6 Å². The lowest BCUT2D eigenvalue weighted by Crippen LogP contribution is -2.16. The zero-order valence-electron chi connectivity index (χ0n) is 16.5. The van der Waals surface area contributed by atoms with Gasteiger partial charge in [0.2, 0.25) is 5.91 Å². The van der Waals surface area contributed by atoms with Gasteiger partial charge in [0.25, 0.3) is 5.91 Å². The number of primary amides is 1. The van der Waals surface area contributed by atoms with Gasteiger partial charge < -0.3 is 20.5 Å². The number of nitrogens with two attached hydrogens (primary N) is 1. The fraction of sp³-hybridized carbons (Fsp3) is 0.0909. The smallest absolute Gasteiger partial charge is 0.416 e. The van der Waals surface area contributed by atoms with E-state index in [0.29, 0.717) is 6.07 Å². The van der Waals surface area contributed by atoms with Crippen molar-refractivity contribution in [1.29, 1.82) is 0 Å². The van der Waals surface area contributed by atoms with Crippen molar-refractivity contribution in [2.24, 2.45) is 5.73 Å². The number of amides is 2. The molecule has 0 radical (unpaired) electrons. The summed E-state index contributed by atoms with van der Waals surface area (Å²) >= 11 is 0. The van der Waals surface area contributed by atoms with Gasteiger partial charge in [0, 0.05) is 17.3 Å². The van der Waals surface area contributed by atoms with E-state index < -0.39 is 34.9 Å². The summed E-state index contributed by atoms with van der Waals surface area (Å²) in [6.07, 6.45) is -4.72. The van der Waals surface area contributed by atoms with Crippen LogP contribution in [-0.4, -0.2) is 18.9 Å². The normalized spacial score (nSPS) is 11.0. The molecule has 0 bridgehead atoms. The summed E-state index contributed by atoms with van der Waals surface area (Å²) in [6.45, 7) is 0. The van der Waals surface area contributed by atoms with Crippen molar-refractivity contribution in [3.63, 3.8) is 0 Å². The van der Waals surface area contributed by atoms with Crippen LogP contribution in [0.4, 0.5) is 23.2 Å². The van der Waals surface area contributed by atoms with Crippen molar-refractivity contribution in [2.75, 3.05) is 12.4 Å². The van der Waals surface area contributed by atoms with Gasteiger partial charge in [-0.1, -0.05) is 6.07 Å². The molecule has 0 saturated heterocycles. The first-order valence-corrected chi connectivity index (χ1v) is 9.02. The van der Waals surface area contributed by atoms with Gasteiger partial charge in [0.1, 0.15) is 11.6 Å². The first-order valence-electron chi connectivity index (χ1n) is 9.02. The predicted molar refractivity (Wildman–Crippen MR) is 107 cm³/mol. The number of carbonyl (C=O) groups is 2. The topological polar surface area (TPSA) is 90.7 Å². The first-order chi connectivity index (χ1) is 15.1. The highest BCUT2D eigenvalue weighted by Gasteiger charge is 2.32. The fourth-order valence-corrected chi connectivity index (χ4v) is 2.77. The third-order valence-corrected chi connectivity index (χ3v) is 4.30. The molecule has 0 spiro atoms. The van der Waals surface area contributed by atoms with Gasteiger partial charge in [-0.05, 0) is 48.5 Å². The van der Waals surface area contributed by atoms with Crippen molar-refractivity contribution in [3.05, 3.63) is 83.2 Å². The minimum Gasteiger partial charge on any atom is -0.493 e. The van der Waals surface area contributed by atoms with Gasteiger partial charge in [-0.25, -0.2) is 4.39 Å². The molecule has 0 aliphatic heterocycles. The Kier molecular flexibility index (Phi) is 6.33. The first kappa shape index (κ1) is 22.6. The number of benzene rings is 3. The molecule has 3 aromatic rings. The summed E-state index contributed by atoms with van der Waals surface area (Å²) in [5, 5.41) is 2.41. The predicted octanol–water partition coefficient (Wildman–Crippen LogP) is 5.00. The molecule has 10 heteroatoms. The van der Waals surface area contributed by atoms with E-state index in [-0.39, 0.29) is 28.5 Å². The third kappa shape index (κ3) is 5.15. The largest absolute Gasteiger partial charge is 0.493 e. The van der Waals surface area contributed by atoms with Gasteiger partial charge >= 0.3 is 6.18 Å². The molecular weight excluding hydrogens is 432 g/mol.